The number of halogens is 2. The van der Waals surface area contributed by atoms with E-state index in [1.54, 1.807) is 11.1 Å². The number of H-pyrrole nitrogens is 1. The van der Waals surface area contributed by atoms with Crippen molar-refractivity contribution in [2.45, 2.75) is 6.42 Å². The second-order valence-corrected chi connectivity index (χ2v) is 5.62. The molecule has 20 heavy (non-hydrogen) atoms. The third kappa shape index (κ3) is 2.41. The smallest absolute Gasteiger partial charge is 0.228 e. The van der Waals surface area contributed by atoms with Crippen LogP contribution in [0, 0.1) is 5.92 Å². The molecule has 0 saturated carbocycles. The maximum absolute atomic E-state index is 12.1. The van der Waals surface area contributed by atoms with Crippen molar-refractivity contribution >= 4 is 34.9 Å². The van der Waals surface area contributed by atoms with Crippen molar-refractivity contribution in [3.63, 3.8) is 0 Å². The number of rotatable bonds is 3. The third-order valence-electron chi connectivity index (χ3n) is 3.45. The molecule has 6 heteroatoms. The standard InChI is InChI=1S/C14H13Cl2N3O/c15-6-9-4-13(20)19(8-9)14-12(7-17-18-14)10-2-1-3-11(16)5-10/h1-3,5,7,9H,4,6,8H2,(H,17,18). The van der Waals surface area contributed by atoms with Crippen molar-refractivity contribution in [2.75, 3.05) is 17.3 Å². The van der Waals surface area contributed by atoms with Crippen molar-refractivity contribution < 1.29 is 4.79 Å². The first-order valence-corrected chi connectivity index (χ1v) is 7.26. The normalized spacial score (nSPS) is 18.8. The number of hydrogen-bond acceptors (Lipinski definition) is 2. The first kappa shape index (κ1) is 13.5. The van der Waals surface area contributed by atoms with E-state index in [-0.39, 0.29) is 11.8 Å². The Bertz CT molecular complexity index is 641. The van der Waals surface area contributed by atoms with Gasteiger partial charge in [0.25, 0.3) is 0 Å². The molecule has 1 fully saturated rings. The van der Waals surface area contributed by atoms with E-state index < -0.39 is 0 Å². The number of benzene rings is 1. The van der Waals surface area contributed by atoms with Crippen molar-refractivity contribution in [1.82, 2.24) is 10.2 Å². The van der Waals surface area contributed by atoms with Crippen LogP contribution in [0.4, 0.5) is 5.82 Å². The van der Waals surface area contributed by atoms with Crippen LogP contribution in [0.1, 0.15) is 6.42 Å². The molecule has 1 aliphatic heterocycles. The summed E-state index contributed by atoms with van der Waals surface area (Å²) < 4.78 is 0. The summed E-state index contributed by atoms with van der Waals surface area (Å²) in [5.74, 6) is 1.47. The molecule has 4 nitrogen and oxygen atoms in total. The average molecular weight is 310 g/mol. The number of amides is 1. The van der Waals surface area contributed by atoms with Crippen LogP contribution < -0.4 is 4.90 Å². The monoisotopic (exact) mass is 309 g/mol. The fourth-order valence-electron chi connectivity index (χ4n) is 2.45. The van der Waals surface area contributed by atoms with Crippen molar-refractivity contribution in [3.05, 3.63) is 35.5 Å². The van der Waals surface area contributed by atoms with Gasteiger partial charge >= 0.3 is 0 Å². The Kier molecular flexibility index (Phi) is 3.68. The fourth-order valence-corrected chi connectivity index (χ4v) is 2.85. The summed E-state index contributed by atoms with van der Waals surface area (Å²) in [7, 11) is 0. The van der Waals surface area contributed by atoms with Crippen LogP contribution in [0.2, 0.25) is 5.02 Å². The predicted octanol–water partition coefficient (Wildman–Crippen LogP) is 3.32. The highest BCUT2D eigenvalue weighted by Gasteiger charge is 2.32. The van der Waals surface area contributed by atoms with Gasteiger partial charge in [-0.25, -0.2) is 0 Å². The van der Waals surface area contributed by atoms with E-state index in [2.05, 4.69) is 10.2 Å². The van der Waals surface area contributed by atoms with Gasteiger partial charge in [0.1, 0.15) is 5.82 Å². The number of nitrogens with one attached hydrogen (secondary N) is 1. The molecule has 1 aromatic carbocycles. The highest BCUT2D eigenvalue weighted by atomic mass is 35.5. The molecule has 0 aliphatic carbocycles. The summed E-state index contributed by atoms with van der Waals surface area (Å²) >= 11 is 11.9. The minimum atomic E-state index is 0.0724. The van der Waals surface area contributed by atoms with Crippen molar-refractivity contribution in [1.29, 1.82) is 0 Å². The van der Waals surface area contributed by atoms with Gasteiger partial charge in [0, 0.05) is 29.4 Å². The van der Waals surface area contributed by atoms with Gasteiger partial charge in [0.15, 0.2) is 0 Å². The van der Waals surface area contributed by atoms with E-state index in [0.717, 1.165) is 11.1 Å². The van der Waals surface area contributed by atoms with E-state index in [1.807, 2.05) is 24.3 Å². The topological polar surface area (TPSA) is 49.0 Å². The molecule has 1 atom stereocenters. The lowest BCUT2D eigenvalue weighted by atomic mass is 10.1. The van der Waals surface area contributed by atoms with Gasteiger partial charge in [-0.2, -0.15) is 5.10 Å². The SMILES string of the molecule is O=C1CC(CCl)CN1c1[nH]ncc1-c1cccc(Cl)c1. The molecule has 1 saturated heterocycles. The van der Waals surface area contributed by atoms with Crippen LogP contribution >= 0.6 is 23.2 Å². The molecule has 1 aliphatic rings. The molecule has 1 unspecified atom stereocenters. The summed E-state index contributed by atoms with van der Waals surface area (Å²) in [4.78, 5) is 13.8. The second kappa shape index (κ2) is 5.46. The molecule has 0 spiro atoms. The molecular weight excluding hydrogens is 297 g/mol. The van der Waals surface area contributed by atoms with E-state index in [0.29, 0.717) is 29.7 Å². The lowest BCUT2D eigenvalue weighted by Crippen LogP contribution is -2.25. The lowest BCUT2D eigenvalue weighted by molar-refractivity contribution is -0.117. The Morgan fingerprint density at radius 2 is 2.30 bits per heavy atom. The number of carbonyl (C=O) groups excluding carboxylic acids is 1. The van der Waals surface area contributed by atoms with Gasteiger partial charge < -0.3 is 0 Å². The van der Waals surface area contributed by atoms with Crippen LogP contribution in [0.3, 0.4) is 0 Å². The van der Waals surface area contributed by atoms with Crippen LogP contribution in [-0.4, -0.2) is 28.5 Å². The quantitative estimate of drug-likeness (QED) is 0.884. The van der Waals surface area contributed by atoms with Crippen molar-refractivity contribution in [3.8, 4) is 11.1 Å². The maximum atomic E-state index is 12.1. The zero-order valence-corrected chi connectivity index (χ0v) is 12.2. The summed E-state index contributed by atoms with van der Waals surface area (Å²) in [5.41, 5.74) is 1.81. The average Bonchev–Trinajstić information content (AvgIpc) is 3.04. The van der Waals surface area contributed by atoms with Gasteiger partial charge in [-0.3, -0.25) is 14.8 Å². The number of hydrogen-bond donors (Lipinski definition) is 1. The van der Waals surface area contributed by atoms with Crippen LogP contribution in [-0.2, 0) is 4.79 Å². The lowest BCUT2D eigenvalue weighted by Gasteiger charge is -2.16. The Balaban J connectivity index is 1.97. The Morgan fingerprint density at radius 1 is 1.45 bits per heavy atom. The Hall–Kier alpha value is -1.52. The molecular formula is C14H13Cl2N3O. The van der Waals surface area contributed by atoms with Gasteiger partial charge in [-0.1, -0.05) is 23.7 Å². The van der Waals surface area contributed by atoms with Crippen LogP contribution in [0.5, 0.6) is 0 Å². The summed E-state index contributed by atoms with van der Waals surface area (Å²) in [6.07, 6.45) is 2.19. The van der Waals surface area contributed by atoms with E-state index in [4.69, 9.17) is 23.2 Å². The summed E-state index contributed by atoms with van der Waals surface area (Å²) in [6.45, 7) is 0.623. The first-order valence-electron chi connectivity index (χ1n) is 6.34. The minimum Gasteiger partial charge on any atom is -0.296 e. The van der Waals surface area contributed by atoms with E-state index in [9.17, 15) is 4.79 Å². The Morgan fingerprint density at radius 3 is 3.00 bits per heavy atom. The van der Waals surface area contributed by atoms with Gasteiger partial charge in [0.05, 0.1) is 6.20 Å². The summed E-state index contributed by atoms with van der Waals surface area (Å²) in [5, 5.41) is 7.63. The van der Waals surface area contributed by atoms with Gasteiger partial charge in [0.2, 0.25) is 5.91 Å². The molecule has 104 valence electrons. The zero-order chi connectivity index (χ0) is 14.1. The van der Waals surface area contributed by atoms with Gasteiger partial charge in [-0.05, 0) is 23.6 Å². The second-order valence-electron chi connectivity index (χ2n) is 4.87. The number of alkyl halides is 1. The highest BCUT2D eigenvalue weighted by Crippen LogP contribution is 2.33. The summed E-state index contributed by atoms with van der Waals surface area (Å²) in [6, 6.07) is 7.49. The molecule has 1 aromatic heterocycles. The zero-order valence-electron chi connectivity index (χ0n) is 10.6. The van der Waals surface area contributed by atoms with Crippen LogP contribution in [0.25, 0.3) is 11.1 Å². The molecule has 0 bridgehead atoms. The van der Waals surface area contributed by atoms with E-state index in [1.165, 1.54) is 0 Å². The first-order chi connectivity index (χ1) is 9.69. The number of anilines is 1. The largest absolute Gasteiger partial charge is 0.296 e. The molecule has 2 heterocycles. The Labute approximate surface area is 126 Å². The van der Waals surface area contributed by atoms with Gasteiger partial charge in [-0.15, -0.1) is 11.6 Å². The molecule has 1 amide bonds. The molecule has 1 N–H and O–H groups in total. The van der Waals surface area contributed by atoms with E-state index >= 15 is 0 Å². The minimum absolute atomic E-state index is 0.0724. The number of aromatic nitrogens is 2. The highest BCUT2D eigenvalue weighted by molar-refractivity contribution is 6.30. The maximum Gasteiger partial charge on any atom is 0.228 e. The third-order valence-corrected chi connectivity index (χ3v) is 4.12. The number of nitrogens with zero attached hydrogens (tertiary/aromatic N) is 2. The number of carbonyl (C=O) groups is 1. The molecule has 0 radical (unpaired) electrons. The fraction of sp³-hybridized carbons (Fsp3) is 0.286. The predicted molar refractivity (Wildman–Crippen MR) is 80.2 cm³/mol. The number of aromatic amines is 1. The molecule has 2 aromatic rings. The molecule has 3 rings (SSSR count). The van der Waals surface area contributed by atoms with Crippen molar-refractivity contribution in [2.24, 2.45) is 5.92 Å². The van der Waals surface area contributed by atoms with Crippen LogP contribution in [0.15, 0.2) is 30.5 Å².